The number of ether oxygens (including phenoxy) is 1. The molecule has 0 fully saturated rings. The van der Waals surface area contributed by atoms with Gasteiger partial charge in [-0.2, -0.15) is 0 Å². The summed E-state index contributed by atoms with van der Waals surface area (Å²) < 4.78 is 5.14. The smallest absolute Gasteiger partial charge is 0.119 e. The molecule has 1 atom stereocenters. The lowest BCUT2D eigenvalue weighted by atomic mass is 10.2. The highest BCUT2D eigenvalue weighted by Gasteiger charge is 2.06. The minimum atomic E-state index is -0.323. The zero-order chi connectivity index (χ0) is 12.0. The SMILES string of the molecule is COc1ccc(SCC(O)CCN)c(C)c1. The van der Waals surface area contributed by atoms with Gasteiger partial charge in [-0.05, 0) is 43.7 Å². The highest BCUT2D eigenvalue weighted by atomic mass is 32.2. The number of benzene rings is 1. The van der Waals surface area contributed by atoms with Crippen LogP contribution in [0, 0.1) is 6.92 Å². The lowest BCUT2D eigenvalue weighted by Gasteiger charge is -2.11. The largest absolute Gasteiger partial charge is 0.497 e. The van der Waals surface area contributed by atoms with Gasteiger partial charge in [0.2, 0.25) is 0 Å². The van der Waals surface area contributed by atoms with Crippen molar-refractivity contribution >= 4 is 11.8 Å². The van der Waals surface area contributed by atoms with Gasteiger partial charge in [0.05, 0.1) is 13.2 Å². The standard InChI is InChI=1S/C12H19NO2S/c1-9-7-11(15-2)3-4-12(9)16-8-10(14)5-6-13/h3-4,7,10,14H,5-6,8,13H2,1-2H3. The van der Waals surface area contributed by atoms with Gasteiger partial charge in [-0.25, -0.2) is 0 Å². The topological polar surface area (TPSA) is 55.5 Å². The fourth-order valence-electron chi connectivity index (χ4n) is 1.37. The van der Waals surface area contributed by atoms with Crippen LogP contribution in [-0.2, 0) is 0 Å². The van der Waals surface area contributed by atoms with Crippen LogP contribution in [0.2, 0.25) is 0 Å². The van der Waals surface area contributed by atoms with Crippen LogP contribution in [0.15, 0.2) is 23.1 Å². The van der Waals surface area contributed by atoms with Gasteiger partial charge in [-0.3, -0.25) is 0 Å². The molecule has 0 radical (unpaired) electrons. The summed E-state index contributed by atoms with van der Waals surface area (Å²) >= 11 is 1.65. The maximum Gasteiger partial charge on any atom is 0.119 e. The Morgan fingerprint density at radius 1 is 1.50 bits per heavy atom. The second-order valence-corrected chi connectivity index (χ2v) is 4.74. The van der Waals surface area contributed by atoms with Crippen molar-refractivity contribution in [1.82, 2.24) is 0 Å². The summed E-state index contributed by atoms with van der Waals surface area (Å²) in [5, 5.41) is 9.58. The lowest BCUT2D eigenvalue weighted by molar-refractivity contribution is 0.192. The summed E-state index contributed by atoms with van der Waals surface area (Å²) in [6, 6.07) is 5.95. The van der Waals surface area contributed by atoms with Crippen molar-refractivity contribution in [2.75, 3.05) is 19.4 Å². The molecule has 0 aromatic heterocycles. The zero-order valence-corrected chi connectivity index (χ0v) is 10.6. The molecule has 0 saturated heterocycles. The third kappa shape index (κ3) is 4.04. The zero-order valence-electron chi connectivity index (χ0n) is 9.77. The first kappa shape index (κ1) is 13.4. The number of aliphatic hydroxyl groups excluding tert-OH is 1. The van der Waals surface area contributed by atoms with Crippen LogP contribution in [0.4, 0.5) is 0 Å². The Hall–Kier alpha value is -0.710. The van der Waals surface area contributed by atoms with Crippen LogP contribution in [0.25, 0.3) is 0 Å². The Kier molecular flexibility index (Phi) is 5.66. The average Bonchev–Trinajstić information content (AvgIpc) is 2.27. The molecule has 3 N–H and O–H groups in total. The van der Waals surface area contributed by atoms with Gasteiger partial charge in [-0.15, -0.1) is 11.8 Å². The summed E-state index contributed by atoms with van der Waals surface area (Å²) in [4.78, 5) is 1.18. The van der Waals surface area contributed by atoms with Gasteiger partial charge >= 0.3 is 0 Å². The molecular weight excluding hydrogens is 222 g/mol. The predicted octanol–water partition coefficient (Wildman–Crippen LogP) is 1.81. The van der Waals surface area contributed by atoms with Crippen molar-refractivity contribution < 1.29 is 9.84 Å². The van der Waals surface area contributed by atoms with E-state index in [1.807, 2.05) is 25.1 Å². The first-order valence-corrected chi connectivity index (χ1v) is 6.31. The molecule has 1 unspecified atom stereocenters. The Morgan fingerprint density at radius 3 is 2.81 bits per heavy atom. The summed E-state index contributed by atoms with van der Waals surface area (Å²) in [6.07, 6.45) is 0.332. The Balaban J connectivity index is 2.54. The van der Waals surface area contributed by atoms with Gasteiger partial charge in [0.15, 0.2) is 0 Å². The first-order chi connectivity index (χ1) is 7.67. The quantitative estimate of drug-likeness (QED) is 0.746. The molecule has 16 heavy (non-hydrogen) atoms. The van der Waals surface area contributed by atoms with E-state index in [0.717, 1.165) is 5.75 Å². The lowest BCUT2D eigenvalue weighted by Crippen LogP contribution is -2.15. The molecular formula is C12H19NO2S. The van der Waals surface area contributed by atoms with Crippen LogP contribution in [0.1, 0.15) is 12.0 Å². The maximum absolute atomic E-state index is 9.58. The van der Waals surface area contributed by atoms with E-state index in [0.29, 0.717) is 18.7 Å². The Morgan fingerprint density at radius 2 is 2.25 bits per heavy atom. The van der Waals surface area contributed by atoms with E-state index < -0.39 is 0 Å². The predicted molar refractivity (Wildman–Crippen MR) is 68.1 cm³/mol. The van der Waals surface area contributed by atoms with E-state index in [1.54, 1.807) is 18.9 Å². The number of methoxy groups -OCH3 is 1. The van der Waals surface area contributed by atoms with Crippen molar-refractivity contribution in [1.29, 1.82) is 0 Å². The molecule has 0 spiro atoms. The van der Waals surface area contributed by atoms with Crippen molar-refractivity contribution in [3.63, 3.8) is 0 Å². The van der Waals surface area contributed by atoms with Gasteiger partial charge < -0.3 is 15.6 Å². The van der Waals surface area contributed by atoms with E-state index >= 15 is 0 Å². The van der Waals surface area contributed by atoms with Crippen molar-refractivity contribution in [2.24, 2.45) is 5.73 Å². The second kappa shape index (κ2) is 6.78. The number of aryl methyl sites for hydroxylation is 1. The highest BCUT2D eigenvalue weighted by molar-refractivity contribution is 7.99. The Bertz CT molecular complexity index is 331. The third-order valence-corrected chi connectivity index (χ3v) is 3.63. The van der Waals surface area contributed by atoms with Crippen molar-refractivity contribution in [3.05, 3.63) is 23.8 Å². The van der Waals surface area contributed by atoms with E-state index in [2.05, 4.69) is 0 Å². The minimum absolute atomic E-state index is 0.323. The molecule has 1 aromatic carbocycles. The fraction of sp³-hybridized carbons (Fsp3) is 0.500. The third-order valence-electron chi connectivity index (χ3n) is 2.31. The van der Waals surface area contributed by atoms with E-state index in [4.69, 9.17) is 10.5 Å². The molecule has 3 nitrogen and oxygen atoms in total. The van der Waals surface area contributed by atoms with E-state index in [9.17, 15) is 5.11 Å². The molecule has 4 heteroatoms. The normalized spacial score (nSPS) is 12.5. The molecule has 0 bridgehead atoms. The molecule has 0 aliphatic heterocycles. The second-order valence-electron chi connectivity index (χ2n) is 3.67. The molecule has 1 aromatic rings. The molecule has 90 valence electrons. The minimum Gasteiger partial charge on any atom is -0.497 e. The maximum atomic E-state index is 9.58. The van der Waals surface area contributed by atoms with Crippen LogP contribution in [-0.4, -0.2) is 30.6 Å². The number of rotatable bonds is 6. The van der Waals surface area contributed by atoms with E-state index in [1.165, 1.54) is 10.5 Å². The van der Waals surface area contributed by atoms with E-state index in [-0.39, 0.29) is 6.10 Å². The number of hydrogen-bond donors (Lipinski definition) is 2. The first-order valence-electron chi connectivity index (χ1n) is 5.33. The Labute approximate surface area is 101 Å². The number of nitrogens with two attached hydrogens (primary N) is 1. The molecule has 0 aliphatic carbocycles. The summed E-state index contributed by atoms with van der Waals surface area (Å²) in [7, 11) is 1.66. The van der Waals surface area contributed by atoms with Crippen molar-refractivity contribution in [2.45, 2.75) is 24.3 Å². The van der Waals surface area contributed by atoms with Crippen molar-refractivity contribution in [3.8, 4) is 5.75 Å². The molecule has 0 aliphatic rings. The highest BCUT2D eigenvalue weighted by Crippen LogP contribution is 2.26. The number of aliphatic hydroxyl groups is 1. The van der Waals surface area contributed by atoms with Gasteiger partial charge in [0, 0.05) is 10.6 Å². The van der Waals surface area contributed by atoms with Gasteiger partial charge in [-0.1, -0.05) is 0 Å². The van der Waals surface area contributed by atoms with Crippen LogP contribution in [0.5, 0.6) is 5.75 Å². The number of thioether (sulfide) groups is 1. The van der Waals surface area contributed by atoms with Crippen LogP contribution < -0.4 is 10.5 Å². The molecule has 0 saturated carbocycles. The summed E-state index contributed by atoms with van der Waals surface area (Å²) in [6.45, 7) is 2.57. The molecule has 0 amide bonds. The molecule has 1 rings (SSSR count). The summed E-state index contributed by atoms with van der Waals surface area (Å²) in [5.74, 6) is 1.55. The molecule has 0 heterocycles. The van der Waals surface area contributed by atoms with Crippen LogP contribution in [0.3, 0.4) is 0 Å². The average molecular weight is 241 g/mol. The van der Waals surface area contributed by atoms with Crippen LogP contribution >= 0.6 is 11.8 Å². The van der Waals surface area contributed by atoms with Gasteiger partial charge in [0.1, 0.15) is 5.75 Å². The monoisotopic (exact) mass is 241 g/mol. The van der Waals surface area contributed by atoms with Gasteiger partial charge in [0.25, 0.3) is 0 Å². The number of hydrogen-bond acceptors (Lipinski definition) is 4. The fourth-order valence-corrected chi connectivity index (χ4v) is 2.36. The summed E-state index contributed by atoms with van der Waals surface area (Å²) in [5.41, 5.74) is 6.55.